The Kier molecular flexibility index (Phi) is 8.93. The highest BCUT2D eigenvalue weighted by atomic mass is 19.4. The summed E-state index contributed by atoms with van der Waals surface area (Å²) in [7, 11) is 0. The molecule has 7 heteroatoms. The SMILES string of the molecule is CCCc1ccc(CCc2ccc(CN(CC(=O)O)Cc3ccc(C(F)(F)F)cc3O)cc2)cc1. The first kappa shape index (κ1) is 26.3. The van der Waals surface area contributed by atoms with E-state index in [1.54, 1.807) is 4.90 Å². The van der Waals surface area contributed by atoms with Crippen LogP contribution in [-0.2, 0) is 43.3 Å². The predicted molar refractivity (Wildman–Crippen MR) is 129 cm³/mol. The van der Waals surface area contributed by atoms with Crippen LogP contribution >= 0.6 is 0 Å². The molecule has 0 heterocycles. The number of aromatic hydroxyl groups is 1. The number of halogens is 3. The molecular weight excluding hydrogens is 455 g/mol. The molecule has 3 rings (SSSR count). The van der Waals surface area contributed by atoms with Crippen LogP contribution in [0.3, 0.4) is 0 Å². The number of aliphatic carboxylic acids is 1. The number of carboxylic acid groups (broad SMARTS) is 1. The molecule has 0 spiro atoms. The molecule has 0 aliphatic carbocycles. The summed E-state index contributed by atoms with van der Waals surface area (Å²) in [4.78, 5) is 12.9. The molecule has 186 valence electrons. The zero-order valence-corrected chi connectivity index (χ0v) is 19.7. The van der Waals surface area contributed by atoms with Gasteiger partial charge in [-0.2, -0.15) is 13.2 Å². The molecule has 35 heavy (non-hydrogen) atoms. The van der Waals surface area contributed by atoms with E-state index in [1.165, 1.54) is 17.2 Å². The van der Waals surface area contributed by atoms with Gasteiger partial charge in [-0.05, 0) is 53.6 Å². The number of phenolic OH excluding ortho intramolecular Hbond substituents is 1. The van der Waals surface area contributed by atoms with E-state index in [4.69, 9.17) is 0 Å². The molecule has 0 saturated carbocycles. The normalized spacial score (nSPS) is 11.7. The molecule has 0 atom stereocenters. The van der Waals surface area contributed by atoms with Gasteiger partial charge in [-0.3, -0.25) is 9.69 Å². The Bertz CT molecular complexity index is 1110. The third kappa shape index (κ3) is 8.14. The molecule has 0 unspecified atom stereocenters. The van der Waals surface area contributed by atoms with E-state index in [0.717, 1.165) is 42.9 Å². The number of nitrogens with zero attached hydrogens (tertiary/aromatic N) is 1. The Hall–Kier alpha value is -3.32. The molecule has 2 N–H and O–H groups in total. The number of phenols is 1. The first-order chi connectivity index (χ1) is 16.6. The van der Waals surface area contributed by atoms with Crippen molar-refractivity contribution >= 4 is 5.97 Å². The van der Waals surface area contributed by atoms with Gasteiger partial charge in [0.15, 0.2) is 0 Å². The summed E-state index contributed by atoms with van der Waals surface area (Å²) in [6.45, 7) is 2.14. The van der Waals surface area contributed by atoms with Crippen molar-refractivity contribution in [2.75, 3.05) is 6.54 Å². The quantitative estimate of drug-likeness (QED) is 0.338. The predicted octanol–water partition coefficient (Wildman–Crippen LogP) is 6.24. The summed E-state index contributed by atoms with van der Waals surface area (Å²) in [5.41, 5.74) is 3.95. The maximum Gasteiger partial charge on any atom is 0.416 e. The maximum absolute atomic E-state index is 12.9. The lowest BCUT2D eigenvalue weighted by atomic mass is 10.0. The van der Waals surface area contributed by atoms with Crippen LogP contribution in [0.25, 0.3) is 0 Å². The summed E-state index contributed by atoms with van der Waals surface area (Å²) in [6.07, 6.45) is -0.549. The summed E-state index contributed by atoms with van der Waals surface area (Å²) in [5, 5.41) is 19.3. The van der Waals surface area contributed by atoms with Gasteiger partial charge >= 0.3 is 12.1 Å². The summed E-state index contributed by atoms with van der Waals surface area (Å²) in [5.74, 6) is -1.56. The van der Waals surface area contributed by atoms with Crippen LogP contribution in [0.2, 0.25) is 0 Å². The molecule has 0 aliphatic rings. The Morgan fingerprint density at radius 3 is 1.77 bits per heavy atom. The maximum atomic E-state index is 12.9. The summed E-state index contributed by atoms with van der Waals surface area (Å²) >= 11 is 0. The van der Waals surface area contributed by atoms with Gasteiger partial charge in [0.05, 0.1) is 12.1 Å². The lowest BCUT2D eigenvalue weighted by Gasteiger charge is -2.21. The second-order valence-corrected chi connectivity index (χ2v) is 8.76. The molecule has 3 aromatic rings. The van der Waals surface area contributed by atoms with Crippen molar-refractivity contribution in [1.29, 1.82) is 0 Å². The van der Waals surface area contributed by atoms with Crippen LogP contribution in [0.5, 0.6) is 5.75 Å². The Balaban J connectivity index is 1.62. The van der Waals surface area contributed by atoms with E-state index in [-0.39, 0.29) is 25.2 Å². The Labute approximate surface area is 203 Å². The van der Waals surface area contributed by atoms with Crippen molar-refractivity contribution in [1.82, 2.24) is 4.90 Å². The topological polar surface area (TPSA) is 60.8 Å². The number of rotatable bonds is 11. The first-order valence-corrected chi connectivity index (χ1v) is 11.6. The van der Waals surface area contributed by atoms with Gasteiger partial charge in [-0.1, -0.05) is 67.9 Å². The number of carbonyl (C=O) groups is 1. The van der Waals surface area contributed by atoms with Gasteiger partial charge in [0.2, 0.25) is 0 Å². The highest BCUT2D eigenvalue weighted by Gasteiger charge is 2.31. The fourth-order valence-corrected chi connectivity index (χ4v) is 3.99. The third-order valence-electron chi connectivity index (χ3n) is 5.86. The van der Waals surface area contributed by atoms with Crippen molar-refractivity contribution in [2.45, 2.75) is 51.9 Å². The van der Waals surface area contributed by atoms with E-state index < -0.39 is 23.5 Å². The minimum atomic E-state index is -4.56. The standard InChI is InChI=1S/C28H30F3NO3/c1-2-3-20-4-6-21(7-5-20)8-9-22-10-12-23(13-11-22)17-32(19-27(34)35)18-24-14-15-25(16-26(24)33)28(29,30)31/h4-7,10-16,33H,2-3,8-9,17-19H2,1H3,(H,34,35). The largest absolute Gasteiger partial charge is 0.508 e. The highest BCUT2D eigenvalue weighted by molar-refractivity contribution is 5.69. The summed E-state index contributed by atoms with van der Waals surface area (Å²) in [6, 6.07) is 19.3. The lowest BCUT2D eigenvalue weighted by Crippen LogP contribution is -2.29. The van der Waals surface area contributed by atoms with Crippen LogP contribution in [0, 0.1) is 0 Å². The number of alkyl halides is 3. The monoisotopic (exact) mass is 485 g/mol. The van der Waals surface area contributed by atoms with Crippen molar-refractivity contribution in [3.8, 4) is 5.75 Å². The third-order valence-corrected chi connectivity index (χ3v) is 5.86. The van der Waals surface area contributed by atoms with E-state index in [1.807, 2.05) is 24.3 Å². The van der Waals surface area contributed by atoms with Gasteiger partial charge in [-0.15, -0.1) is 0 Å². The second kappa shape index (κ2) is 11.9. The molecule has 0 fully saturated rings. The van der Waals surface area contributed by atoms with E-state index in [0.29, 0.717) is 6.07 Å². The number of benzene rings is 3. The average Bonchev–Trinajstić information content (AvgIpc) is 2.80. The van der Waals surface area contributed by atoms with Crippen LogP contribution in [0.15, 0.2) is 66.7 Å². The number of hydrogen-bond acceptors (Lipinski definition) is 3. The van der Waals surface area contributed by atoms with Crippen LogP contribution < -0.4 is 0 Å². The highest BCUT2D eigenvalue weighted by Crippen LogP contribution is 2.33. The van der Waals surface area contributed by atoms with Gasteiger partial charge in [0.25, 0.3) is 0 Å². The number of aryl methyl sites for hydroxylation is 3. The van der Waals surface area contributed by atoms with Crippen molar-refractivity contribution in [2.24, 2.45) is 0 Å². The van der Waals surface area contributed by atoms with Gasteiger partial charge in [0.1, 0.15) is 5.75 Å². The zero-order chi connectivity index (χ0) is 25.4. The van der Waals surface area contributed by atoms with E-state index in [2.05, 4.69) is 31.2 Å². The van der Waals surface area contributed by atoms with Crippen molar-refractivity contribution in [3.63, 3.8) is 0 Å². The molecule has 0 aromatic heterocycles. The van der Waals surface area contributed by atoms with Crippen LogP contribution in [-0.4, -0.2) is 27.6 Å². The van der Waals surface area contributed by atoms with E-state index in [9.17, 15) is 28.2 Å². The smallest absolute Gasteiger partial charge is 0.416 e. The lowest BCUT2D eigenvalue weighted by molar-refractivity contribution is -0.139. The summed E-state index contributed by atoms with van der Waals surface area (Å²) < 4.78 is 38.6. The number of hydrogen-bond donors (Lipinski definition) is 2. The van der Waals surface area contributed by atoms with Crippen LogP contribution in [0.4, 0.5) is 13.2 Å². The van der Waals surface area contributed by atoms with Crippen LogP contribution in [0.1, 0.15) is 46.7 Å². The number of carboxylic acids is 1. The average molecular weight is 486 g/mol. The minimum Gasteiger partial charge on any atom is -0.508 e. The molecule has 0 saturated heterocycles. The van der Waals surface area contributed by atoms with Crippen molar-refractivity contribution < 1.29 is 28.2 Å². The first-order valence-electron chi connectivity index (χ1n) is 11.6. The minimum absolute atomic E-state index is 0.00600. The van der Waals surface area contributed by atoms with Crippen molar-refractivity contribution in [3.05, 3.63) is 100 Å². The molecular formula is C28H30F3NO3. The fraction of sp³-hybridized carbons (Fsp3) is 0.321. The van der Waals surface area contributed by atoms with Gasteiger partial charge in [0, 0.05) is 18.7 Å². The Morgan fingerprint density at radius 1 is 0.800 bits per heavy atom. The molecule has 0 amide bonds. The molecule has 0 radical (unpaired) electrons. The zero-order valence-electron chi connectivity index (χ0n) is 19.7. The van der Waals surface area contributed by atoms with E-state index >= 15 is 0 Å². The Morgan fingerprint density at radius 2 is 1.31 bits per heavy atom. The second-order valence-electron chi connectivity index (χ2n) is 8.76. The van der Waals surface area contributed by atoms with Gasteiger partial charge in [-0.25, -0.2) is 0 Å². The molecule has 3 aromatic carbocycles. The van der Waals surface area contributed by atoms with Gasteiger partial charge < -0.3 is 10.2 Å². The molecule has 4 nitrogen and oxygen atoms in total. The molecule has 0 aliphatic heterocycles. The fourth-order valence-electron chi connectivity index (χ4n) is 3.99. The molecule has 0 bridgehead atoms.